The molecule has 136 valence electrons. The smallest absolute Gasteiger partial charge is 0.270 e. The lowest BCUT2D eigenvalue weighted by atomic mass is 9.95. The number of hydrogen-bond donors (Lipinski definition) is 1. The predicted octanol–water partition coefficient (Wildman–Crippen LogP) is 3.49. The van der Waals surface area contributed by atoms with E-state index in [1.54, 1.807) is 11.3 Å². The number of carbonyl (C=O) groups excluding carboxylic acids is 2. The highest BCUT2D eigenvalue weighted by Gasteiger charge is 2.29. The van der Waals surface area contributed by atoms with Crippen molar-refractivity contribution in [3.63, 3.8) is 0 Å². The van der Waals surface area contributed by atoms with Crippen molar-refractivity contribution in [1.82, 2.24) is 14.8 Å². The molecule has 0 aliphatic carbocycles. The molecule has 1 N–H and O–H groups in total. The Morgan fingerprint density at radius 3 is 2.68 bits per heavy atom. The number of piperidine rings is 1. The van der Waals surface area contributed by atoms with Gasteiger partial charge in [-0.2, -0.15) is 0 Å². The van der Waals surface area contributed by atoms with Crippen molar-refractivity contribution in [3.8, 4) is 0 Å². The minimum Gasteiger partial charge on any atom is -0.353 e. The van der Waals surface area contributed by atoms with Gasteiger partial charge in [-0.05, 0) is 50.6 Å². The number of fused-ring (bicyclic) bond motifs is 1. The molecule has 1 fully saturated rings. The lowest BCUT2D eigenvalue weighted by molar-refractivity contribution is -0.126. The topological polar surface area (TPSA) is 54.3 Å². The highest BCUT2D eigenvalue weighted by atomic mass is 32.1. The number of carbonyl (C=O) groups is 2. The van der Waals surface area contributed by atoms with Crippen molar-refractivity contribution in [2.24, 2.45) is 5.92 Å². The Labute approximate surface area is 153 Å². The largest absolute Gasteiger partial charge is 0.353 e. The van der Waals surface area contributed by atoms with E-state index < -0.39 is 0 Å². The maximum Gasteiger partial charge on any atom is 0.270 e. The van der Waals surface area contributed by atoms with Crippen LogP contribution in [-0.4, -0.2) is 40.4 Å². The van der Waals surface area contributed by atoms with Crippen LogP contribution in [0.25, 0.3) is 10.2 Å². The van der Waals surface area contributed by atoms with Gasteiger partial charge in [0.1, 0.15) is 5.69 Å². The molecule has 5 nitrogen and oxygen atoms in total. The van der Waals surface area contributed by atoms with E-state index in [2.05, 4.69) is 35.2 Å². The highest BCUT2D eigenvalue weighted by Crippen LogP contribution is 2.27. The lowest BCUT2D eigenvalue weighted by Gasteiger charge is -2.32. The molecule has 1 atom stereocenters. The number of nitrogens with zero attached hydrogens (tertiary/aromatic N) is 2. The predicted molar refractivity (Wildman–Crippen MR) is 102 cm³/mol. The minimum atomic E-state index is 0.0273. The van der Waals surface area contributed by atoms with Gasteiger partial charge in [0, 0.05) is 31.6 Å². The van der Waals surface area contributed by atoms with Crippen molar-refractivity contribution in [2.75, 3.05) is 13.1 Å². The summed E-state index contributed by atoms with van der Waals surface area (Å²) in [4.78, 5) is 27.1. The molecule has 0 aromatic carbocycles. The monoisotopic (exact) mass is 361 g/mol. The second kappa shape index (κ2) is 7.60. The molecule has 2 aromatic heterocycles. The number of rotatable bonds is 5. The zero-order valence-electron chi connectivity index (χ0n) is 15.2. The molecule has 0 spiro atoms. The molecule has 1 aliphatic rings. The second-order valence-corrected chi connectivity index (χ2v) is 7.78. The first-order valence-corrected chi connectivity index (χ1v) is 10.1. The lowest BCUT2D eigenvalue weighted by Crippen LogP contribution is -2.45. The van der Waals surface area contributed by atoms with E-state index in [-0.39, 0.29) is 23.8 Å². The Kier molecular flexibility index (Phi) is 5.47. The number of likely N-dealkylation sites (tertiary alicyclic amines) is 1. The van der Waals surface area contributed by atoms with E-state index >= 15 is 0 Å². The molecule has 1 aliphatic heterocycles. The van der Waals surface area contributed by atoms with Gasteiger partial charge in [0.15, 0.2) is 0 Å². The van der Waals surface area contributed by atoms with Gasteiger partial charge in [-0.25, -0.2) is 0 Å². The van der Waals surface area contributed by atoms with Crippen molar-refractivity contribution < 1.29 is 9.59 Å². The minimum absolute atomic E-state index is 0.0273. The van der Waals surface area contributed by atoms with E-state index in [9.17, 15) is 9.59 Å². The fourth-order valence-corrected chi connectivity index (χ4v) is 4.29. The molecular formula is C19H27N3O2S. The molecule has 25 heavy (non-hydrogen) atoms. The zero-order chi connectivity index (χ0) is 18.0. The summed E-state index contributed by atoms with van der Waals surface area (Å²) in [6.45, 7) is 8.26. The van der Waals surface area contributed by atoms with Crippen molar-refractivity contribution >= 4 is 33.4 Å². The van der Waals surface area contributed by atoms with Gasteiger partial charge in [0.25, 0.3) is 5.91 Å². The molecule has 3 rings (SSSR count). The molecule has 0 bridgehead atoms. The van der Waals surface area contributed by atoms with Gasteiger partial charge >= 0.3 is 0 Å². The average Bonchev–Trinajstić information content (AvgIpc) is 3.21. The van der Waals surface area contributed by atoms with Crippen LogP contribution >= 0.6 is 11.3 Å². The van der Waals surface area contributed by atoms with Crippen LogP contribution in [0.2, 0.25) is 0 Å². The van der Waals surface area contributed by atoms with E-state index in [1.165, 1.54) is 0 Å². The van der Waals surface area contributed by atoms with E-state index in [4.69, 9.17) is 0 Å². The van der Waals surface area contributed by atoms with E-state index in [1.807, 2.05) is 17.9 Å². The Balaban J connectivity index is 1.65. The molecule has 3 heterocycles. The summed E-state index contributed by atoms with van der Waals surface area (Å²) in [6.07, 6.45) is 2.43. The van der Waals surface area contributed by atoms with Crippen molar-refractivity contribution in [1.29, 1.82) is 0 Å². The molecule has 6 heteroatoms. The van der Waals surface area contributed by atoms with Crippen LogP contribution in [0.5, 0.6) is 0 Å². The third-order valence-corrected chi connectivity index (χ3v) is 6.07. The van der Waals surface area contributed by atoms with Crippen LogP contribution in [0.4, 0.5) is 0 Å². The van der Waals surface area contributed by atoms with Gasteiger partial charge in [-0.1, -0.05) is 6.92 Å². The molecular weight excluding hydrogens is 334 g/mol. The number of thiophene rings is 1. The second-order valence-electron chi connectivity index (χ2n) is 6.83. The summed E-state index contributed by atoms with van der Waals surface area (Å²) in [5, 5.41) is 5.12. The van der Waals surface area contributed by atoms with Crippen LogP contribution in [0.1, 0.15) is 50.5 Å². The summed E-state index contributed by atoms with van der Waals surface area (Å²) >= 11 is 1.67. The van der Waals surface area contributed by atoms with Gasteiger partial charge in [-0.3, -0.25) is 9.59 Å². The van der Waals surface area contributed by atoms with Crippen LogP contribution in [-0.2, 0) is 11.3 Å². The fourth-order valence-electron chi connectivity index (χ4n) is 3.46. The van der Waals surface area contributed by atoms with E-state index in [0.717, 1.165) is 41.7 Å². The number of aryl methyl sites for hydroxylation is 1. The quantitative estimate of drug-likeness (QED) is 0.886. The Morgan fingerprint density at radius 1 is 1.32 bits per heavy atom. The Morgan fingerprint density at radius 2 is 2.04 bits per heavy atom. The van der Waals surface area contributed by atoms with Crippen LogP contribution < -0.4 is 5.32 Å². The van der Waals surface area contributed by atoms with Crippen molar-refractivity contribution in [2.45, 2.75) is 52.6 Å². The van der Waals surface area contributed by atoms with Crippen LogP contribution in [0.15, 0.2) is 17.5 Å². The average molecular weight is 362 g/mol. The first-order valence-electron chi connectivity index (χ1n) is 9.21. The normalized spacial score (nSPS) is 17.0. The summed E-state index contributed by atoms with van der Waals surface area (Å²) in [7, 11) is 0. The molecule has 2 amide bonds. The molecule has 2 aromatic rings. The van der Waals surface area contributed by atoms with Crippen LogP contribution in [0.3, 0.4) is 0 Å². The number of aromatic nitrogens is 1. The molecule has 0 radical (unpaired) electrons. The fraction of sp³-hybridized carbons (Fsp3) is 0.579. The molecule has 0 saturated carbocycles. The summed E-state index contributed by atoms with van der Waals surface area (Å²) in [5.74, 6) is 0.254. The maximum absolute atomic E-state index is 13.0. The van der Waals surface area contributed by atoms with Crippen LogP contribution in [0, 0.1) is 5.92 Å². The standard InChI is InChI=1S/C19H27N3O2S/c1-4-13(3)20-18(23)14-6-9-21(10-7-14)19(24)16-12-17-15(8-11-25-17)22(16)5-2/h8,11-14H,4-7,9-10H2,1-3H3,(H,20,23)/t13-/m1/s1. The van der Waals surface area contributed by atoms with Crippen molar-refractivity contribution in [3.05, 3.63) is 23.2 Å². The Hall–Kier alpha value is -1.82. The van der Waals surface area contributed by atoms with Gasteiger partial charge < -0.3 is 14.8 Å². The van der Waals surface area contributed by atoms with Gasteiger partial charge in [0.2, 0.25) is 5.91 Å². The number of nitrogens with one attached hydrogen (secondary N) is 1. The summed E-state index contributed by atoms with van der Waals surface area (Å²) < 4.78 is 3.25. The van der Waals surface area contributed by atoms with Gasteiger partial charge in [0.05, 0.1) is 10.2 Å². The molecule has 1 saturated heterocycles. The van der Waals surface area contributed by atoms with E-state index in [0.29, 0.717) is 13.1 Å². The zero-order valence-corrected chi connectivity index (χ0v) is 16.1. The third kappa shape index (κ3) is 3.59. The number of amides is 2. The number of hydrogen-bond acceptors (Lipinski definition) is 3. The maximum atomic E-state index is 13.0. The summed E-state index contributed by atoms with van der Waals surface area (Å²) in [5.41, 5.74) is 1.91. The molecule has 0 unspecified atom stereocenters. The summed E-state index contributed by atoms with van der Waals surface area (Å²) in [6, 6.07) is 4.30. The third-order valence-electron chi connectivity index (χ3n) is 5.21. The Bertz CT molecular complexity index is 756. The first kappa shape index (κ1) is 18.0. The SMILES string of the molecule is CC[C@@H](C)NC(=O)C1CCN(C(=O)c2cc3sccc3n2CC)CC1. The highest BCUT2D eigenvalue weighted by molar-refractivity contribution is 7.17. The first-order chi connectivity index (χ1) is 12.0. The van der Waals surface area contributed by atoms with Gasteiger partial charge in [-0.15, -0.1) is 11.3 Å².